The molecule has 0 aliphatic carbocycles. The molecular formula is C12H13ClO5. The summed E-state index contributed by atoms with van der Waals surface area (Å²) in [6.45, 7) is 0. The van der Waals surface area contributed by atoms with Crippen molar-refractivity contribution < 1.29 is 23.8 Å². The van der Waals surface area contributed by atoms with Crippen LogP contribution in [0.25, 0.3) is 0 Å². The van der Waals surface area contributed by atoms with E-state index in [4.69, 9.17) is 21.1 Å². The van der Waals surface area contributed by atoms with Crippen molar-refractivity contribution in [1.29, 1.82) is 0 Å². The van der Waals surface area contributed by atoms with Crippen LogP contribution >= 0.6 is 11.6 Å². The number of carbonyl (C=O) groups is 2. The second-order valence-electron chi connectivity index (χ2n) is 3.39. The summed E-state index contributed by atoms with van der Waals surface area (Å²) in [5.74, 6) is -0.741. The first-order valence-electron chi connectivity index (χ1n) is 5.05. The lowest BCUT2D eigenvalue weighted by Gasteiger charge is -2.11. The molecule has 1 rings (SSSR count). The Labute approximate surface area is 110 Å². The molecule has 0 fully saturated rings. The highest BCUT2D eigenvalue weighted by molar-refractivity contribution is 6.34. The summed E-state index contributed by atoms with van der Waals surface area (Å²) in [4.78, 5) is 22.6. The third-order valence-electron chi connectivity index (χ3n) is 2.32. The van der Waals surface area contributed by atoms with E-state index in [1.165, 1.54) is 20.3 Å². The van der Waals surface area contributed by atoms with Crippen LogP contribution in [0.1, 0.15) is 5.56 Å². The maximum Gasteiger partial charge on any atom is 0.374 e. The Morgan fingerprint density at radius 2 is 1.72 bits per heavy atom. The Kier molecular flexibility index (Phi) is 4.97. The normalized spacial score (nSPS) is 9.78. The molecule has 0 aromatic heterocycles. The van der Waals surface area contributed by atoms with Crippen molar-refractivity contribution in [3.8, 4) is 11.5 Å². The number of hydrogen-bond acceptors (Lipinski definition) is 5. The zero-order valence-corrected chi connectivity index (χ0v) is 11.0. The van der Waals surface area contributed by atoms with E-state index in [1.54, 1.807) is 6.07 Å². The van der Waals surface area contributed by atoms with E-state index < -0.39 is 11.8 Å². The van der Waals surface area contributed by atoms with Crippen LogP contribution in [0.4, 0.5) is 0 Å². The molecule has 0 aliphatic heterocycles. The topological polar surface area (TPSA) is 61.8 Å². The fourth-order valence-electron chi connectivity index (χ4n) is 1.42. The molecule has 5 nitrogen and oxygen atoms in total. The zero-order chi connectivity index (χ0) is 13.7. The average molecular weight is 273 g/mol. The fourth-order valence-corrected chi connectivity index (χ4v) is 1.65. The number of ether oxygens (including phenoxy) is 3. The van der Waals surface area contributed by atoms with E-state index in [0.717, 1.165) is 7.11 Å². The number of halogens is 1. The van der Waals surface area contributed by atoms with Gasteiger partial charge in [0.05, 0.1) is 26.4 Å². The molecule has 0 atom stereocenters. The number of Topliss-reactive ketones (excluding diaryl/α,β-unsaturated/α-hetero) is 1. The highest BCUT2D eigenvalue weighted by Crippen LogP contribution is 2.32. The molecule has 0 saturated carbocycles. The van der Waals surface area contributed by atoms with E-state index in [9.17, 15) is 9.59 Å². The summed E-state index contributed by atoms with van der Waals surface area (Å²) in [6, 6.07) is 3.09. The van der Waals surface area contributed by atoms with Crippen molar-refractivity contribution in [3.63, 3.8) is 0 Å². The molecule has 0 saturated heterocycles. The molecule has 0 amide bonds. The van der Waals surface area contributed by atoms with Crippen molar-refractivity contribution >= 4 is 23.4 Å². The van der Waals surface area contributed by atoms with Gasteiger partial charge in [-0.1, -0.05) is 11.6 Å². The van der Waals surface area contributed by atoms with Gasteiger partial charge in [0.1, 0.15) is 11.5 Å². The van der Waals surface area contributed by atoms with E-state index in [1.807, 2.05) is 0 Å². The summed E-state index contributed by atoms with van der Waals surface area (Å²) in [7, 11) is 4.06. The summed E-state index contributed by atoms with van der Waals surface area (Å²) < 4.78 is 14.5. The first-order valence-corrected chi connectivity index (χ1v) is 5.42. The van der Waals surface area contributed by atoms with Gasteiger partial charge in [0.2, 0.25) is 5.78 Å². The van der Waals surface area contributed by atoms with Crippen LogP contribution in [0.5, 0.6) is 11.5 Å². The third kappa shape index (κ3) is 3.13. The highest BCUT2D eigenvalue weighted by Gasteiger charge is 2.18. The van der Waals surface area contributed by atoms with Crippen LogP contribution in [0.3, 0.4) is 0 Å². The third-order valence-corrected chi connectivity index (χ3v) is 2.61. The second-order valence-corrected chi connectivity index (χ2v) is 3.80. The van der Waals surface area contributed by atoms with Crippen molar-refractivity contribution in [1.82, 2.24) is 0 Å². The van der Waals surface area contributed by atoms with Crippen molar-refractivity contribution in [2.45, 2.75) is 6.42 Å². The molecule has 6 heteroatoms. The summed E-state index contributed by atoms with van der Waals surface area (Å²) >= 11 is 5.93. The van der Waals surface area contributed by atoms with E-state index in [2.05, 4.69) is 4.74 Å². The molecule has 98 valence electrons. The Morgan fingerprint density at radius 3 is 2.22 bits per heavy atom. The minimum absolute atomic E-state index is 0.136. The summed E-state index contributed by atoms with van der Waals surface area (Å²) in [5.41, 5.74) is 0.508. The molecule has 1 aromatic rings. The van der Waals surface area contributed by atoms with Gasteiger partial charge in [0, 0.05) is 18.1 Å². The molecule has 18 heavy (non-hydrogen) atoms. The maximum atomic E-state index is 11.5. The summed E-state index contributed by atoms with van der Waals surface area (Å²) in [5, 5.41) is 0.364. The molecule has 0 unspecified atom stereocenters. The second kappa shape index (κ2) is 6.26. The largest absolute Gasteiger partial charge is 0.496 e. The van der Waals surface area contributed by atoms with Gasteiger partial charge < -0.3 is 14.2 Å². The molecule has 0 N–H and O–H groups in total. The van der Waals surface area contributed by atoms with Crippen LogP contribution in [0.2, 0.25) is 5.02 Å². The quantitative estimate of drug-likeness (QED) is 0.602. The number of benzene rings is 1. The van der Waals surface area contributed by atoms with Crippen molar-refractivity contribution in [2.75, 3.05) is 21.3 Å². The number of hydrogen-bond donors (Lipinski definition) is 0. The average Bonchev–Trinajstić information content (AvgIpc) is 2.38. The fraction of sp³-hybridized carbons (Fsp3) is 0.333. The zero-order valence-electron chi connectivity index (χ0n) is 10.3. The van der Waals surface area contributed by atoms with Gasteiger partial charge in [-0.2, -0.15) is 0 Å². The van der Waals surface area contributed by atoms with Crippen LogP contribution in [-0.4, -0.2) is 33.1 Å². The Morgan fingerprint density at radius 1 is 1.11 bits per heavy atom. The van der Waals surface area contributed by atoms with Gasteiger partial charge in [-0.15, -0.1) is 0 Å². The van der Waals surface area contributed by atoms with Crippen LogP contribution < -0.4 is 9.47 Å². The number of rotatable bonds is 5. The maximum absolute atomic E-state index is 11.5. The van der Waals surface area contributed by atoms with Gasteiger partial charge >= 0.3 is 5.97 Å². The molecule has 0 spiro atoms. The number of carbonyl (C=O) groups excluding carboxylic acids is 2. The number of methoxy groups -OCH3 is 3. The van der Waals surface area contributed by atoms with E-state index in [-0.39, 0.29) is 6.42 Å². The highest BCUT2D eigenvalue weighted by atomic mass is 35.5. The SMILES string of the molecule is COC(=O)C(=O)Cc1cc(OC)c(Cl)cc1OC. The minimum Gasteiger partial charge on any atom is -0.496 e. The van der Waals surface area contributed by atoms with Crippen LogP contribution in [0.15, 0.2) is 12.1 Å². The van der Waals surface area contributed by atoms with Gasteiger partial charge in [0.15, 0.2) is 0 Å². The molecule has 0 bridgehead atoms. The van der Waals surface area contributed by atoms with Gasteiger partial charge in [0.25, 0.3) is 0 Å². The van der Waals surface area contributed by atoms with Crippen molar-refractivity contribution in [3.05, 3.63) is 22.7 Å². The first kappa shape index (κ1) is 14.3. The lowest BCUT2D eigenvalue weighted by Crippen LogP contribution is -2.18. The summed E-state index contributed by atoms with van der Waals surface area (Å²) in [6.07, 6.45) is -0.136. The van der Waals surface area contributed by atoms with Crippen molar-refractivity contribution in [2.24, 2.45) is 0 Å². The lowest BCUT2D eigenvalue weighted by molar-refractivity contribution is -0.151. The van der Waals surface area contributed by atoms with E-state index >= 15 is 0 Å². The first-order chi connectivity index (χ1) is 8.53. The van der Waals surface area contributed by atoms with Crippen LogP contribution in [-0.2, 0) is 20.7 Å². The van der Waals surface area contributed by atoms with Gasteiger partial charge in [-0.25, -0.2) is 4.79 Å². The standard InChI is InChI=1S/C12H13ClO5/c1-16-10-6-8(13)11(17-2)5-7(10)4-9(14)12(15)18-3/h5-6H,4H2,1-3H3. The predicted molar refractivity (Wildman–Crippen MR) is 65.3 cm³/mol. The molecular weight excluding hydrogens is 260 g/mol. The van der Waals surface area contributed by atoms with Gasteiger partial charge in [-0.05, 0) is 6.07 Å². The van der Waals surface area contributed by atoms with Crippen LogP contribution in [0, 0.1) is 0 Å². The minimum atomic E-state index is -0.897. The molecule has 1 aromatic carbocycles. The Hall–Kier alpha value is -1.75. The Balaban J connectivity index is 3.07. The number of esters is 1. The monoisotopic (exact) mass is 272 g/mol. The Bertz CT molecular complexity index is 470. The smallest absolute Gasteiger partial charge is 0.374 e. The van der Waals surface area contributed by atoms with Gasteiger partial charge in [-0.3, -0.25) is 4.79 Å². The lowest BCUT2D eigenvalue weighted by atomic mass is 10.1. The predicted octanol–water partition coefficient (Wildman–Crippen LogP) is 1.64. The molecule has 0 aliphatic rings. The number of ketones is 1. The van der Waals surface area contributed by atoms with E-state index in [0.29, 0.717) is 22.1 Å². The molecule has 0 radical (unpaired) electrons. The molecule has 0 heterocycles.